The van der Waals surface area contributed by atoms with Crippen molar-refractivity contribution in [2.24, 2.45) is 0 Å². The van der Waals surface area contributed by atoms with Gasteiger partial charge in [-0.15, -0.1) is 0 Å². The molecule has 98 valence electrons. The van der Waals surface area contributed by atoms with Crippen molar-refractivity contribution < 1.29 is 22.8 Å². The predicted molar refractivity (Wildman–Crippen MR) is 59.3 cm³/mol. The molecule has 2 amide bonds. The van der Waals surface area contributed by atoms with Gasteiger partial charge in [0, 0.05) is 18.3 Å². The average Bonchev–Trinajstić information content (AvgIpc) is 2.29. The first-order chi connectivity index (χ1) is 8.25. The molecule has 0 aliphatic heterocycles. The molecule has 0 atom stereocenters. The van der Waals surface area contributed by atoms with E-state index in [1.807, 2.05) is 0 Å². The first-order valence-corrected chi connectivity index (χ1v) is 4.96. The third kappa shape index (κ3) is 3.22. The standard InChI is InChI=1S/C11H11F3N2O2/c1-6-5-7(9(17)15-2)3-4-8(6)16-10(18)11(12,13)14/h3-5H,1-2H3,(H,15,17)(H,16,18). The second-order valence-electron chi connectivity index (χ2n) is 3.56. The molecule has 0 spiro atoms. The van der Waals surface area contributed by atoms with Gasteiger partial charge in [0.1, 0.15) is 0 Å². The van der Waals surface area contributed by atoms with E-state index in [0.29, 0.717) is 11.1 Å². The van der Waals surface area contributed by atoms with Crippen LogP contribution < -0.4 is 10.6 Å². The van der Waals surface area contributed by atoms with Crippen LogP contribution in [0.3, 0.4) is 0 Å². The van der Waals surface area contributed by atoms with Crippen molar-refractivity contribution in [3.8, 4) is 0 Å². The van der Waals surface area contributed by atoms with Crippen LogP contribution in [-0.4, -0.2) is 25.0 Å². The van der Waals surface area contributed by atoms with Gasteiger partial charge in [-0.05, 0) is 30.7 Å². The highest BCUT2D eigenvalue weighted by molar-refractivity contribution is 5.97. The number of carbonyl (C=O) groups is 2. The second kappa shape index (κ2) is 5.07. The quantitative estimate of drug-likeness (QED) is 0.852. The Kier molecular flexibility index (Phi) is 3.95. The Morgan fingerprint density at radius 1 is 1.22 bits per heavy atom. The summed E-state index contributed by atoms with van der Waals surface area (Å²) < 4.78 is 36.2. The van der Waals surface area contributed by atoms with Crippen molar-refractivity contribution in [2.45, 2.75) is 13.1 Å². The Morgan fingerprint density at radius 3 is 2.28 bits per heavy atom. The minimum atomic E-state index is -4.94. The molecule has 1 rings (SSSR count). The third-order valence-electron chi connectivity index (χ3n) is 2.22. The van der Waals surface area contributed by atoms with Gasteiger partial charge in [0.25, 0.3) is 5.91 Å². The maximum atomic E-state index is 12.1. The van der Waals surface area contributed by atoms with Gasteiger partial charge in [0.2, 0.25) is 0 Å². The summed E-state index contributed by atoms with van der Waals surface area (Å²) in [6.45, 7) is 1.50. The minimum absolute atomic E-state index is 0.0185. The first kappa shape index (κ1) is 14.0. The van der Waals surface area contributed by atoms with Gasteiger partial charge >= 0.3 is 12.1 Å². The van der Waals surface area contributed by atoms with Crippen molar-refractivity contribution in [2.75, 3.05) is 12.4 Å². The Morgan fingerprint density at radius 2 is 1.83 bits per heavy atom. The fourth-order valence-electron chi connectivity index (χ4n) is 1.28. The Labute approximate surface area is 101 Å². The van der Waals surface area contributed by atoms with E-state index < -0.39 is 12.1 Å². The van der Waals surface area contributed by atoms with E-state index in [1.54, 1.807) is 5.32 Å². The largest absolute Gasteiger partial charge is 0.471 e. The summed E-state index contributed by atoms with van der Waals surface area (Å²) in [6, 6.07) is 3.98. The number of nitrogens with one attached hydrogen (secondary N) is 2. The molecule has 2 N–H and O–H groups in total. The number of carbonyl (C=O) groups excluding carboxylic acids is 2. The van der Waals surface area contributed by atoms with Crippen LogP contribution in [0.5, 0.6) is 0 Å². The number of anilines is 1. The zero-order valence-corrected chi connectivity index (χ0v) is 9.68. The van der Waals surface area contributed by atoms with Crippen LogP contribution in [0.15, 0.2) is 18.2 Å². The highest BCUT2D eigenvalue weighted by atomic mass is 19.4. The van der Waals surface area contributed by atoms with E-state index in [2.05, 4.69) is 5.32 Å². The number of alkyl halides is 3. The van der Waals surface area contributed by atoms with Crippen molar-refractivity contribution in [1.82, 2.24) is 5.32 Å². The highest BCUT2D eigenvalue weighted by Crippen LogP contribution is 2.21. The molecular formula is C11H11F3N2O2. The number of hydrogen-bond donors (Lipinski definition) is 2. The lowest BCUT2D eigenvalue weighted by atomic mass is 10.1. The van der Waals surface area contributed by atoms with Gasteiger partial charge < -0.3 is 10.6 Å². The van der Waals surface area contributed by atoms with Gasteiger partial charge in [-0.2, -0.15) is 13.2 Å². The fraction of sp³-hybridized carbons (Fsp3) is 0.273. The molecule has 0 aliphatic rings. The lowest BCUT2D eigenvalue weighted by molar-refractivity contribution is -0.167. The molecule has 0 heterocycles. The number of halogens is 3. The zero-order chi connectivity index (χ0) is 13.9. The Bertz CT molecular complexity index is 484. The van der Waals surface area contributed by atoms with E-state index in [0.717, 1.165) is 0 Å². The zero-order valence-electron chi connectivity index (χ0n) is 9.68. The molecule has 4 nitrogen and oxygen atoms in total. The van der Waals surface area contributed by atoms with Crippen molar-refractivity contribution in [1.29, 1.82) is 0 Å². The molecule has 0 bridgehead atoms. The van der Waals surface area contributed by atoms with Gasteiger partial charge in [-0.1, -0.05) is 0 Å². The lowest BCUT2D eigenvalue weighted by Gasteiger charge is -2.11. The highest BCUT2D eigenvalue weighted by Gasteiger charge is 2.38. The summed E-state index contributed by atoms with van der Waals surface area (Å²) in [5, 5.41) is 4.13. The molecule has 1 aromatic rings. The van der Waals surface area contributed by atoms with Gasteiger partial charge in [0.15, 0.2) is 0 Å². The van der Waals surface area contributed by atoms with E-state index in [-0.39, 0.29) is 11.6 Å². The topological polar surface area (TPSA) is 58.2 Å². The number of amides is 2. The summed E-state index contributed by atoms with van der Waals surface area (Å²) in [6.07, 6.45) is -4.94. The van der Waals surface area contributed by atoms with E-state index in [4.69, 9.17) is 0 Å². The smallest absolute Gasteiger partial charge is 0.355 e. The summed E-state index contributed by atoms with van der Waals surface area (Å²) in [5.41, 5.74) is 0.693. The van der Waals surface area contributed by atoms with E-state index in [9.17, 15) is 22.8 Å². The van der Waals surface area contributed by atoms with E-state index >= 15 is 0 Å². The third-order valence-corrected chi connectivity index (χ3v) is 2.22. The number of aryl methyl sites for hydroxylation is 1. The molecule has 0 aromatic heterocycles. The molecule has 0 aliphatic carbocycles. The number of hydrogen-bond acceptors (Lipinski definition) is 2. The molecule has 7 heteroatoms. The predicted octanol–water partition coefficient (Wildman–Crippen LogP) is 1.86. The molecule has 0 fully saturated rings. The fourth-order valence-corrected chi connectivity index (χ4v) is 1.28. The van der Waals surface area contributed by atoms with Crippen molar-refractivity contribution in [3.63, 3.8) is 0 Å². The minimum Gasteiger partial charge on any atom is -0.355 e. The molecular weight excluding hydrogens is 249 g/mol. The van der Waals surface area contributed by atoms with Crippen LogP contribution in [0.1, 0.15) is 15.9 Å². The van der Waals surface area contributed by atoms with Crippen molar-refractivity contribution >= 4 is 17.5 Å². The molecule has 0 radical (unpaired) electrons. The normalized spacial score (nSPS) is 10.9. The van der Waals surface area contributed by atoms with Crippen LogP contribution >= 0.6 is 0 Å². The first-order valence-electron chi connectivity index (χ1n) is 4.96. The van der Waals surface area contributed by atoms with E-state index in [1.165, 1.54) is 32.2 Å². The average molecular weight is 260 g/mol. The van der Waals surface area contributed by atoms with Gasteiger partial charge in [-0.25, -0.2) is 0 Å². The van der Waals surface area contributed by atoms with Gasteiger partial charge in [-0.3, -0.25) is 9.59 Å². The Balaban J connectivity index is 2.94. The second-order valence-corrected chi connectivity index (χ2v) is 3.56. The monoisotopic (exact) mass is 260 g/mol. The molecule has 0 saturated heterocycles. The van der Waals surface area contributed by atoms with Crippen LogP contribution in [0, 0.1) is 6.92 Å². The molecule has 1 aromatic carbocycles. The van der Waals surface area contributed by atoms with Gasteiger partial charge in [0.05, 0.1) is 0 Å². The number of rotatable bonds is 2. The summed E-state index contributed by atoms with van der Waals surface area (Å²) in [4.78, 5) is 22.0. The SMILES string of the molecule is CNC(=O)c1ccc(NC(=O)C(F)(F)F)c(C)c1. The molecule has 0 unspecified atom stereocenters. The number of benzene rings is 1. The van der Waals surface area contributed by atoms with Crippen LogP contribution in [0.4, 0.5) is 18.9 Å². The maximum absolute atomic E-state index is 12.1. The maximum Gasteiger partial charge on any atom is 0.471 e. The molecule has 0 saturated carbocycles. The van der Waals surface area contributed by atoms with Crippen LogP contribution in [0.2, 0.25) is 0 Å². The van der Waals surface area contributed by atoms with Crippen molar-refractivity contribution in [3.05, 3.63) is 29.3 Å². The van der Waals surface area contributed by atoms with Crippen LogP contribution in [0.25, 0.3) is 0 Å². The Hall–Kier alpha value is -2.05. The summed E-state index contributed by atoms with van der Waals surface area (Å²) in [5.74, 6) is -2.40. The molecule has 18 heavy (non-hydrogen) atoms. The van der Waals surface area contributed by atoms with Crippen LogP contribution in [-0.2, 0) is 4.79 Å². The summed E-state index contributed by atoms with van der Waals surface area (Å²) >= 11 is 0. The lowest BCUT2D eigenvalue weighted by Crippen LogP contribution is -2.30. The summed E-state index contributed by atoms with van der Waals surface area (Å²) in [7, 11) is 1.44.